The molecular formula is CH4O7S2. The van der Waals surface area contributed by atoms with Gasteiger partial charge in [-0.2, -0.15) is 16.8 Å². The second-order valence-electron chi connectivity index (χ2n) is 1.25. The molecule has 0 radical (unpaired) electrons. The van der Waals surface area contributed by atoms with Crippen LogP contribution in [0.2, 0.25) is 0 Å². The summed E-state index contributed by atoms with van der Waals surface area (Å²) < 4.78 is 45.8. The maximum absolute atomic E-state index is 10.0. The van der Waals surface area contributed by atoms with Gasteiger partial charge in [0.25, 0.3) is 10.1 Å². The Labute approximate surface area is 57.6 Å². The lowest BCUT2D eigenvalue weighted by atomic mass is 12.0. The summed E-state index contributed by atoms with van der Waals surface area (Å²) in [7, 11) is -8.98. The summed E-state index contributed by atoms with van der Waals surface area (Å²) >= 11 is 0. The van der Waals surface area contributed by atoms with Crippen molar-refractivity contribution >= 4 is 20.5 Å². The molecule has 0 aliphatic rings. The Balaban J connectivity index is 4.49. The molecule has 0 amide bonds. The van der Waals surface area contributed by atoms with E-state index in [9.17, 15) is 16.8 Å². The highest BCUT2D eigenvalue weighted by atomic mass is 32.3. The van der Waals surface area contributed by atoms with Gasteiger partial charge in [-0.05, 0) is 0 Å². The summed E-state index contributed by atoms with van der Waals surface area (Å²) in [5.41, 5.74) is 0. The first kappa shape index (κ1) is 9.78. The van der Waals surface area contributed by atoms with Crippen LogP contribution in [0.4, 0.5) is 0 Å². The Morgan fingerprint density at radius 2 is 1.60 bits per heavy atom. The molecule has 1 N–H and O–H groups in total. The summed E-state index contributed by atoms with van der Waals surface area (Å²) in [5, 5.41) is 7.48. The Kier molecular flexibility index (Phi) is 2.74. The van der Waals surface area contributed by atoms with Gasteiger partial charge in [0.1, 0.15) is 0 Å². The Morgan fingerprint density at radius 3 is 1.70 bits per heavy atom. The number of hydrogen-bond donors (Lipinski definition) is 1. The third kappa shape index (κ3) is 4.64. The molecule has 0 rings (SSSR count). The Morgan fingerprint density at radius 1 is 1.20 bits per heavy atom. The summed E-state index contributed by atoms with van der Waals surface area (Å²) in [5.74, 6) is 0. The van der Waals surface area contributed by atoms with Crippen molar-refractivity contribution in [3.63, 3.8) is 0 Å². The van der Waals surface area contributed by atoms with E-state index in [0.29, 0.717) is 6.26 Å². The van der Waals surface area contributed by atoms with Crippen LogP contribution in [0.25, 0.3) is 0 Å². The average Bonchev–Trinajstić information content (AvgIpc) is 1.60. The van der Waals surface area contributed by atoms with E-state index >= 15 is 0 Å². The topological polar surface area (TPSA) is 107 Å². The van der Waals surface area contributed by atoms with E-state index < -0.39 is 20.5 Å². The second kappa shape index (κ2) is 2.80. The molecule has 0 aromatic heterocycles. The van der Waals surface area contributed by atoms with Crippen LogP contribution in [0.15, 0.2) is 0 Å². The fraction of sp³-hybridized carbons (Fsp3) is 1.00. The van der Waals surface area contributed by atoms with Crippen molar-refractivity contribution in [1.29, 1.82) is 0 Å². The van der Waals surface area contributed by atoms with E-state index in [4.69, 9.17) is 5.26 Å². The zero-order valence-corrected chi connectivity index (χ0v) is 6.35. The van der Waals surface area contributed by atoms with Crippen molar-refractivity contribution in [2.75, 3.05) is 6.26 Å². The standard InChI is InChI=1S/CH4O7S2/c1-9(3,4)8-10(5,6)7-2/h2H,1H3. The van der Waals surface area contributed by atoms with Gasteiger partial charge in [0.05, 0.1) is 6.26 Å². The van der Waals surface area contributed by atoms with Gasteiger partial charge in [-0.15, -0.1) is 3.63 Å². The van der Waals surface area contributed by atoms with Crippen LogP contribution in [-0.4, -0.2) is 28.3 Å². The lowest BCUT2D eigenvalue weighted by Crippen LogP contribution is -2.13. The van der Waals surface area contributed by atoms with Crippen molar-refractivity contribution in [2.45, 2.75) is 0 Å². The molecule has 0 atom stereocenters. The first-order valence-corrected chi connectivity index (χ1v) is 4.91. The molecule has 0 unspecified atom stereocenters. The SMILES string of the molecule is CS(=O)(=O)OS(=O)(=O)OO. The van der Waals surface area contributed by atoms with Gasteiger partial charge in [-0.25, -0.2) is 5.26 Å². The monoisotopic (exact) mass is 192 g/mol. The van der Waals surface area contributed by atoms with E-state index in [-0.39, 0.29) is 0 Å². The maximum atomic E-state index is 10.0. The summed E-state index contributed by atoms with van der Waals surface area (Å²) in [6.45, 7) is 0. The minimum absolute atomic E-state index is 0.490. The highest BCUT2D eigenvalue weighted by molar-refractivity contribution is 7.97. The first-order valence-electron chi connectivity index (χ1n) is 1.76. The molecule has 62 valence electrons. The summed E-state index contributed by atoms with van der Waals surface area (Å²) in [6.07, 6.45) is 0.490. The average molecular weight is 192 g/mol. The highest BCUT2D eigenvalue weighted by Gasteiger charge is 2.18. The predicted octanol–water partition coefficient (Wildman–Crippen LogP) is -1.30. The molecule has 0 aromatic rings. The molecule has 0 aliphatic heterocycles. The zero-order valence-electron chi connectivity index (χ0n) is 4.71. The van der Waals surface area contributed by atoms with E-state index in [1.807, 2.05) is 0 Å². The van der Waals surface area contributed by atoms with Crippen molar-refractivity contribution in [3.05, 3.63) is 0 Å². The predicted molar refractivity (Wildman–Crippen MR) is 28.6 cm³/mol. The largest absolute Gasteiger partial charge is 0.441 e. The van der Waals surface area contributed by atoms with Gasteiger partial charge in [0.15, 0.2) is 0 Å². The third-order valence-corrected chi connectivity index (χ3v) is 2.14. The van der Waals surface area contributed by atoms with Gasteiger partial charge in [-0.3, -0.25) is 0 Å². The molecule has 0 aromatic carbocycles. The van der Waals surface area contributed by atoms with Crippen LogP contribution in [0.1, 0.15) is 0 Å². The molecule has 0 aliphatic carbocycles. The van der Waals surface area contributed by atoms with Crippen molar-refractivity contribution in [1.82, 2.24) is 0 Å². The lowest BCUT2D eigenvalue weighted by Gasteiger charge is -1.94. The Hall–Kier alpha value is -0.220. The fourth-order valence-corrected chi connectivity index (χ4v) is 1.47. The Bertz CT molecular complexity index is 280. The lowest BCUT2D eigenvalue weighted by molar-refractivity contribution is -0.138. The van der Waals surface area contributed by atoms with E-state index in [1.165, 1.54) is 0 Å². The molecule has 0 saturated heterocycles. The second-order valence-corrected chi connectivity index (χ2v) is 4.17. The highest BCUT2D eigenvalue weighted by Crippen LogP contribution is 1.97. The van der Waals surface area contributed by atoms with Gasteiger partial charge in [-0.1, -0.05) is 4.33 Å². The van der Waals surface area contributed by atoms with Crippen LogP contribution >= 0.6 is 0 Å². The van der Waals surface area contributed by atoms with Gasteiger partial charge >= 0.3 is 10.4 Å². The molecule has 0 spiro atoms. The minimum atomic E-state index is -4.81. The van der Waals surface area contributed by atoms with Crippen molar-refractivity contribution in [2.24, 2.45) is 0 Å². The van der Waals surface area contributed by atoms with Crippen molar-refractivity contribution in [3.8, 4) is 0 Å². The molecule has 0 bridgehead atoms. The van der Waals surface area contributed by atoms with Gasteiger partial charge < -0.3 is 0 Å². The normalized spacial score (nSPS) is 13.4. The molecule has 7 nitrogen and oxygen atoms in total. The van der Waals surface area contributed by atoms with Crippen LogP contribution < -0.4 is 0 Å². The molecule has 10 heavy (non-hydrogen) atoms. The van der Waals surface area contributed by atoms with E-state index in [1.54, 1.807) is 0 Å². The van der Waals surface area contributed by atoms with Gasteiger partial charge in [0, 0.05) is 0 Å². The smallest absolute Gasteiger partial charge is 0.233 e. The van der Waals surface area contributed by atoms with Crippen LogP contribution in [0, 0.1) is 0 Å². The van der Waals surface area contributed by atoms with Crippen molar-refractivity contribution < 1.29 is 30.1 Å². The summed E-state index contributed by atoms with van der Waals surface area (Å²) in [6, 6.07) is 0. The quantitative estimate of drug-likeness (QED) is 0.437. The van der Waals surface area contributed by atoms with Gasteiger partial charge in [0.2, 0.25) is 0 Å². The molecular weight excluding hydrogens is 188 g/mol. The van der Waals surface area contributed by atoms with E-state index in [2.05, 4.69) is 7.96 Å². The van der Waals surface area contributed by atoms with Crippen LogP contribution in [0.3, 0.4) is 0 Å². The third-order valence-electron chi connectivity index (χ3n) is 0.298. The van der Waals surface area contributed by atoms with Crippen LogP contribution in [0.5, 0.6) is 0 Å². The molecule has 0 heterocycles. The minimum Gasteiger partial charge on any atom is -0.233 e. The molecule has 9 heteroatoms. The number of rotatable bonds is 3. The summed E-state index contributed by atoms with van der Waals surface area (Å²) in [4.78, 5) is 0. The first-order chi connectivity index (χ1) is 4.27. The zero-order chi connectivity index (χ0) is 8.41. The maximum Gasteiger partial charge on any atom is 0.441 e. The number of hydrogen-bond acceptors (Lipinski definition) is 7. The van der Waals surface area contributed by atoms with E-state index in [0.717, 1.165) is 0 Å². The fourth-order valence-electron chi connectivity index (χ4n) is 0.164. The molecule has 0 fully saturated rings. The molecule has 0 saturated carbocycles. The van der Waals surface area contributed by atoms with Crippen LogP contribution in [-0.2, 0) is 28.5 Å².